The van der Waals surface area contributed by atoms with Crippen LogP contribution in [0.25, 0.3) is 0 Å². The fourth-order valence-corrected chi connectivity index (χ4v) is 5.33. The number of hydrogen-bond donors (Lipinski definition) is 0. The van der Waals surface area contributed by atoms with Crippen LogP contribution in [0.1, 0.15) is 36.2 Å². The first-order chi connectivity index (χ1) is 14.1. The molecule has 7 heteroatoms. The highest BCUT2D eigenvalue weighted by molar-refractivity contribution is 7.91. The monoisotopic (exact) mass is 430 g/mol. The number of amides is 1. The zero-order valence-corrected chi connectivity index (χ0v) is 18.9. The van der Waals surface area contributed by atoms with Gasteiger partial charge in [-0.05, 0) is 62.2 Å². The molecule has 0 aromatic heterocycles. The summed E-state index contributed by atoms with van der Waals surface area (Å²) in [5.41, 5.74) is 2.57. The van der Waals surface area contributed by atoms with Crippen LogP contribution < -0.4 is 9.64 Å². The fourth-order valence-electron chi connectivity index (χ4n) is 3.60. The van der Waals surface area contributed by atoms with Crippen LogP contribution in [0.5, 0.6) is 5.75 Å². The van der Waals surface area contributed by atoms with E-state index in [-0.39, 0.29) is 29.6 Å². The van der Waals surface area contributed by atoms with Crippen LogP contribution in [0.3, 0.4) is 0 Å². The van der Waals surface area contributed by atoms with Crippen molar-refractivity contribution in [3.63, 3.8) is 0 Å². The van der Waals surface area contributed by atoms with Gasteiger partial charge in [0, 0.05) is 37.9 Å². The summed E-state index contributed by atoms with van der Waals surface area (Å²) in [6.45, 7) is 4.27. The summed E-state index contributed by atoms with van der Waals surface area (Å²) in [7, 11) is 0.839. The van der Waals surface area contributed by atoms with E-state index in [0.29, 0.717) is 24.3 Å². The summed E-state index contributed by atoms with van der Waals surface area (Å²) in [5.74, 6) is 0.686. The number of carbonyl (C=O) groups is 1. The van der Waals surface area contributed by atoms with Crippen molar-refractivity contribution in [2.45, 2.75) is 39.0 Å². The average molecular weight is 431 g/mol. The van der Waals surface area contributed by atoms with Crippen LogP contribution in [-0.2, 0) is 16.4 Å². The zero-order valence-electron chi connectivity index (χ0n) is 18.0. The number of carbonyl (C=O) groups excluding carboxylic acids is 1. The maximum atomic E-state index is 13.3. The Labute approximate surface area is 179 Å². The van der Waals surface area contributed by atoms with E-state index in [2.05, 4.69) is 0 Å². The Balaban J connectivity index is 1.84. The summed E-state index contributed by atoms with van der Waals surface area (Å²) in [4.78, 5) is 17.1. The van der Waals surface area contributed by atoms with E-state index in [1.165, 1.54) is 0 Å². The van der Waals surface area contributed by atoms with Gasteiger partial charge < -0.3 is 14.5 Å². The molecule has 0 aliphatic carbocycles. The molecule has 0 bridgehead atoms. The normalized spacial score (nSPS) is 17.7. The fraction of sp³-hybridized carbons (Fsp3) is 0.435. The van der Waals surface area contributed by atoms with Crippen LogP contribution in [0, 0.1) is 0 Å². The molecule has 1 heterocycles. The van der Waals surface area contributed by atoms with Crippen molar-refractivity contribution in [2.24, 2.45) is 0 Å². The van der Waals surface area contributed by atoms with E-state index >= 15 is 0 Å². The van der Waals surface area contributed by atoms with Gasteiger partial charge in [-0.1, -0.05) is 12.1 Å². The Bertz CT molecular complexity index is 967. The molecule has 0 spiro atoms. The summed E-state index contributed by atoms with van der Waals surface area (Å²) in [6, 6.07) is 14.7. The molecule has 1 saturated heterocycles. The highest BCUT2D eigenvalue weighted by Crippen LogP contribution is 2.24. The van der Waals surface area contributed by atoms with Crippen molar-refractivity contribution < 1.29 is 17.9 Å². The molecule has 1 aliphatic heterocycles. The molecule has 162 valence electrons. The van der Waals surface area contributed by atoms with Crippen molar-refractivity contribution in [3.8, 4) is 5.75 Å². The van der Waals surface area contributed by atoms with Gasteiger partial charge in [-0.3, -0.25) is 4.79 Å². The second-order valence-electron chi connectivity index (χ2n) is 8.24. The van der Waals surface area contributed by atoms with Crippen molar-refractivity contribution in [2.75, 3.05) is 30.5 Å². The van der Waals surface area contributed by atoms with E-state index in [1.807, 2.05) is 57.1 Å². The largest absolute Gasteiger partial charge is 0.491 e. The molecule has 6 nitrogen and oxygen atoms in total. The molecule has 1 atom stereocenters. The molecule has 0 radical (unpaired) electrons. The van der Waals surface area contributed by atoms with Crippen LogP contribution in [-0.4, -0.2) is 57.0 Å². The summed E-state index contributed by atoms with van der Waals surface area (Å²) < 4.78 is 29.8. The number of benzene rings is 2. The second kappa shape index (κ2) is 9.08. The molecule has 0 saturated carbocycles. The molecule has 30 heavy (non-hydrogen) atoms. The van der Waals surface area contributed by atoms with Crippen molar-refractivity contribution in [1.82, 2.24) is 4.90 Å². The van der Waals surface area contributed by atoms with Crippen molar-refractivity contribution in [1.29, 1.82) is 0 Å². The van der Waals surface area contributed by atoms with Crippen LogP contribution in [0.4, 0.5) is 5.69 Å². The van der Waals surface area contributed by atoms with E-state index in [4.69, 9.17) is 4.74 Å². The first-order valence-corrected chi connectivity index (χ1v) is 12.0. The van der Waals surface area contributed by atoms with E-state index in [9.17, 15) is 13.2 Å². The minimum atomic E-state index is -3.11. The van der Waals surface area contributed by atoms with E-state index in [0.717, 1.165) is 11.3 Å². The topological polar surface area (TPSA) is 66.9 Å². The lowest BCUT2D eigenvalue weighted by Gasteiger charge is -2.29. The lowest BCUT2D eigenvalue weighted by Crippen LogP contribution is -2.40. The molecule has 2 aromatic carbocycles. The molecule has 1 aliphatic rings. The second-order valence-corrected chi connectivity index (χ2v) is 10.5. The quantitative estimate of drug-likeness (QED) is 0.674. The number of nitrogens with zero attached hydrogens (tertiary/aromatic N) is 2. The third-order valence-electron chi connectivity index (χ3n) is 5.19. The van der Waals surface area contributed by atoms with Crippen molar-refractivity contribution >= 4 is 21.4 Å². The van der Waals surface area contributed by atoms with Gasteiger partial charge in [0.1, 0.15) is 5.75 Å². The van der Waals surface area contributed by atoms with E-state index in [1.54, 1.807) is 29.2 Å². The van der Waals surface area contributed by atoms with Gasteiger partial charge in [0.25, 0.3) is 5.91 Å². The SMILES string of the molecule is CC(C)Oc1ccc(C(=O)N(Cc2ccc(N(C)C)cc2)[C@@H]2CCS(=O)(=O)C2)cc1. The summed E-state index contributed by atoms with van der Waals surface area (Å²) in [5, 5.41) is 0. The predicted molar refractivity (Wildman–Crippen MR) is 120 cm³/mol. The van der Waals surface area contributed by atoms with Gasteiger partial charge in [0.2, 0.25) is 0 Å². The highest BCUT2D eigenvalue weighted by atomic mass is 32.2. The number of ether oxygens (including phenoxy) is 1. The molecular formula is C23H30N2O4S. The lowest BCUT2D eigenvalue weighted by atomic mass is 10.1. The highest BCUT2D eigenvalue weighted by Gasteiger charge is 2.35. The Morgan fingerprint density at radius 2 is 1.70 bits per heavy atom. The van der Waals surface area contributed by atoms with Crippen LogP contribution in [0.15, 0.2) is 48.5 Å². The molecule has 2 aromatic rings. The number of anilines is 1. The van der Waals surface area contributed by atoms with Gasteiger partial charge in [-0.25, -0.2) is 8.42 Å². The number of sulfone groups is 1. The van der Waals surface area contributed by atoms with Gasteiger partial charge in [0.05, 0.1) is 17.6 Å². The predicted octanol–water partition coefficient (Wildman–Crippen LogP) is 3.37. The maximum absolute atomic E-state index is 13.3. The minimum absolute atomic E-state index is 0.0169. The molecule has 3 rings (SSSR count). The first-order valence-electron chi connectivity index (χ1n) is 10.2. The number of rotatable bonds is 7. The molecule has 0 unspecified atom stereocenters. The van der Waals surface area contributed by atoms with E-state index < -0.39 is 9.84 Å². The summed E-state index contributed by atoms with van der Waals surface area (Å²) >= 11 is 0. The smallest absolute Gasteiger partial charge is 0.254 e. The standard InChI is InChI=1S/C23H30N2O4S/c1-17(2)29-22-11-7-19(8-12-22)23(26)25(21-13-14-30(27,28)16-21)15-18-5-9-20(10-6-18)24(3)4/h5-12,17,21H,13-16H2,1-4H3/t21-/m1/s1. The van der Waals surface area contributed by atoms with Crippen molar-refractivity contribution in [3.05, 3.63) is 59.7 Å². The number of hydrogen-bond acceptors (Lipinski definition) is 5. The Kier molecular flexibility index (Phi) is 6.71. The van der Waals surface area contributed by atoms with Crippen LogP contribution >= 0.6 is 0 Å². The third kappa shape index (κ3) is 5.53. The Morgan fingerprint density at radius 3 is 2.20 bits per heavy atom. The van der Waals surface area contributed by atoms with Gasteiger partial charge in [0.15, 0.2) is 9.84 Å². The summed E-state index contributed by atoms with van der Waals surface area (Å²) in [6.07, 6.45) is 0.523. The Hall–Kier alpha value is -2.54. The zero-order chi connectivity index (χ0) is 21.9. The molecule has 1 amide bonds. The van der Waals surface area contributed by atoms with Crippen LogP contribution in [0.2, 0.25) is 0 Å². The average Bonchev–Trinajstić information content (AvgIpc) is 3.05. The third-order valence-corrected chi connectivity index (χ3v) is 6.94. The van der Waals surface area contributed by atoms with Gasteiger partial charge >= 0.3 is 0 Å². The molecule has 1 fully saturated rings. The first kappa shape index (κ1) is 22.2. The minimum Gasteiger partial charge on any atom is -0.491 e. The lowest BCUT2D eigenvalue weighted by molar-refractivity contribution is 0.0681. The molecular weight excluding hydrogens is 400 g/mol. The van der Waals surface area contributed by atoms with Gasteiger partial charge in [-0.2, -0.15) is 0 Å². The maximum Gasteiger partial charge on any atom is 0.254 e. The van der Waals surface area contributed by atoms with Gasteiger partial charge in [-0.15, -0.1) is 0 Å². The Morgan fingerprint density at radius 1 is 1.07 bits per heavy atom. The molecule has 0 N–H and O–H groups in total.